The summed E-state index contributed by atoms with van der Waals surface area (Å²) < 4.78 is 29.1. The first-order valence-corrected chi connectivity index (χ1v) is 10.1. The van der Waals surface area contributed by atoms with Gasteiger partial charge in [-0.05, 0) is 18.4 Å². The van der Waals surface area contributed by atoms with Crippen LogP contribution >= 0.6 is 0 Å². The van der Waals surface area contributed by atoms with Gasteiger partial charge < -0.3 is 4.74 Å². The lowest BCUT2D eigenvalue weighted by atomic mass is 9.98. The summed E-state index contributed by atoms with van der Waals surface area (Å²) in [4.78, 5) is 35.5. The zero-order chi connectivity index (χ0) is 19.2. The summed E-state index contributed by atoms with van der Waals surface area (Å²) >= 11 is 0. The molecule has 2 rings (SSSR count). The van der Waals surface area contributed by atoms with Gasteiger partial charge in [-0.25, -0.2) is 12.7 Å². The van der Waals surface area contributed by atoms with Crippen molar-refractivity contribution in [2.75, 3.05) is 26.0 Å². The Morgan fingerprint density at radius 1 is 1.12 bits per heavy atom. The molecule has 1 saturated heterocycles. The molecular weight excluding hydrogens is 360 g/mol. The van der Waals surface area contributed by atoms with Crippen molar-refractivity contribution in [2.24, 2.45) is 5.92 Å². The van der Waals surface area contributed by atoms with Gasteiger partial charge in [0.1, 0.15) is 0 Å². The molecule has 1 fully saturated rings. The van der Waals surface area contributed by atoms with E-state index in [1.54, 1.807) is 24.3 Å². The molecule has 142 valence electrons. The Balaban J connectivity index is 1.70. The maximum Gasteiger partial charge on any atom is 0.309 e. The van der Waals surface area contributed by atoms with Gasteiger partial charge in [0.25, 0.3) is 5.91 Å². The number of amides is 2. The van der Waals surface area contributed by atoms with Crippen molar-refractivity contribution in [1.29, 1.82) is 0 Å². The maximum atomic E-state index is 12.0. The lowest BCUT2D eigenvalue weighted by molar-refractivity contribution is -0.154. The zero-order valence-electron chi connectivity index (χ0n) is 14.5. The second-order valence-electron chi connectivity index (χ2n) is 6.18. The van der Waals surface area contributed by atoms with Crippen molar-refractivity contribution in [2.45, 2.75) is 19.3 Å². The molecule has 8 nitrogen and oxygen atoms in total. The van der Waals surface area contributed by atoms with E-state index in [-0.39, 0.29) is 19.5 Å². The van der Waals surface area contributed by atoms with Crippen LogP contribution in [0.3, 0.4) is 0 Å². The van der Waals surface area contributed by atoms with E-state index in [1.165, 1.54) is 4.31 Å². The SMILES string of the molecule is CS(=O)(=O)N1CCC(C(=O)OCC(=O)NC(=O)Cc2ccccc2)CC1. The van der Waals surface area contributed by atoms with Gasteiger partial charge in [0.15, 0.2) is 6.61 Å². The Morgan fingerprint density at radius 2 is 1.73 bits per heavy atom. The summed E-state index contributed by atoms with van der Waals surface area (Å²) in [5.74, 6) is -2.16. The molecule has 1 heterocycles. The molecule has 0 atom stereocenters. The quantitative estimate of drug-likeness (QED) is 0.698. The highest BCUT2D eigenvalue weighted by atomic mass is 32.2. The minimum absolute atomic E-state index is 0.0600. The Kier molecular flexibility index (Phi) is 6.87. The molecule has 0 saturated carbocycles. The third-order valence-electron chi connectivity index (χ3n) is 4.09. The molecule has 1 aliphatic heterocycles. The molecule has 0 aliphatic carbocycles. The summed E-state index contributed by atoms with van der Waals surface area (Å²) in [6, 6.07) is 8.95. The molecular formula is C17H22N2O6S. The number of ether oxygens (including phenoxy) is 1. The van der Waals surface area contributed by atoms with Crippen LogP contribution in [0.4, 0.5) is 0 Å². The first-order valence-electron chi connectivity index (χ1n) is 8.24. The standard InChI is InChI=1S/C17H22N2O6S/c1-26(23,24)19-9-7-14(8-10-19)17(22)25-12-16(21)18-15(20)11-13-5-3-2-4-6-13/h2-6,14H,7-12H2,1H3,(H,18,20,21). The Bertz CT molecular complexity index is 755. The highest BCUT2D eigenvalue weighted by Gasteiger charge is 2.30. The predicted molar refractivity (Wildman–Crippen MR) is 93.4 cm³/mol. The van der Waals surface area contributed by atoms with Crippen LogP contribution in [0.1, 0.15) is 18.4 Å². The Hall–Kier alpha value is -2.26. The maximum absolute atomic E-state index is 12.0. The molecule has 2 amide bonds. The number of esters is 1. The summed E-state index contributed by atoms with van der Waals surface area (Å²) in [6.45, 7) is -0.0353. The van der Waals surface area contributed by atoms with E-state index in [2.05, 4.69) is 5.32 Å². The second kappa shape index (κ2) is 8.91. The van der Waals surface area contributed by atoms with Crippen LogP contribution in [0.25, 0.3) is 0 Å². The van der Waals surface area contributed by atoms with Crippen molar-refractivity contribution in [3.8, 4) is 0 Å². The molecule has 1 N–H and O–H groups in total. The van der Waals surface area contributed by atoms with Gasteiger partial charge in [-0.15, -0.1) is 0 Å². The van der Waals surface area contributed by atoms with Crippen LogP contribution < -0.4 is 5.32 Å². The molecule has 1 aromatic carbocycles. The van der Waals surface area contributed by atoms with E-state index in [1.807, 2.05) is 6.07 Å². The minimum atomic E-state index is -3.26. The fraction of sp³-hybridized carbons (Fsp3) is 0.471. The molecule has 26 heavy (non-hydrogen) atoms. The fourth-order valence-corrected chi connectivity index (χ4v) is 3.57. The Labute approximate surface area is 152 Å². The Morgan fingerprint density at radius 3 is 2.31 bits per heavy atom. The van der Waals surface area contributed by atoms with Crippen LogP contribution in [-0.2, 0) is 35.6 Å². The number of hydrogen-bond acceptors (Lipinski definition) is 6. The molecule has 1 aromatic rings. The molecule has 0 unspecified atom stereocenters. The topological polar surface area (TPSA) is 110 Å². The summed E-state index contributed by atoms with van der Waals surface area (Å²) in [5.41, 5.74) is 0.771. The number of nitrogens with zero attached hydrogens (tertiary/aromatic N) is 1. The fourth-order valence-electron chi connectivity index (χ4n) is 2.69. The summed E-state index contributed by atoms with van der Waals surface area (Å²) in [6.07, 6.45) is 1.88. The molecule has 9 heteroatoms. The van der Waals surface area contributed by atoms with Gasteiger partial charge in [-0.2, -0.15) is 0 Å². The van der Waals surface area contributed by atoms with Crippen molar-refractivity contribution >= 4 is 27.8 Å². The van der Waals surface area contributed by atoms with E-state index in [0.717, 1.165) is 11.8 Å². The van der Waals surface area contributed by atoms with Gasteiger partial charge >= 0.3 is 5.97 Å². The molecule has 0 bridgehead atoms. The molecule has 0 radical (unpaired) electrons. The second-order valence-corrected chi connectivity index (χ2v) is 8.16. The van der Waals surface area contributed by atoms with Crippen molar-refractivity contribution < 1.29 is 27.5 Å². The average molecular weight is 382 g/mol. The molecule has 1 aliphatic rings. The number of sulfonamides is 1. The number of carbonyl (C=O) groups excluding carboxylic acids is 3. The third-order valence-corrected chi connectivity index (χ3v) is 5.39. The number of nitrogens with one attached hydrogen (secondary N) is 1. The summed E-state index contributed by atoms with van der Waals surface area (Å²) in [5, 5.41) is 2.17. The normalized spacial score (nSPS) is 16.0. The number of benzene rings is 1. The van der Waals surface area contributed by atoms with Crippen LogP contribution in [0, 0.1) is 5.92 Å². The van der Waals surface area contributed by atoms with Gasteiger partial charge in [-0.3, -0.25) is 19.7 Å². The highest BCUT2D eigenvalue weighted by molar-refractivity contribution is 7.88. The number of piperidine rings is 1. The van der Waals surface area contributed by atoms with Gasteiger partial charge in [-0.1, -0.05) is 30.3 Å². The van der Waals surface area contributed by atoms with Crippen LogP contribution in [0.2, 0.25) is 0 Å². The van der Waals surface area contributed by atoms with Crippen LogP contribution in [-0.4, -0.2) is 56.5 Å². The number of hydrogen-bond donors (Lipinski definition) is 1. The van der Waals surface area contributed by atoms with Gasteiger partial charge in [0.2, 0.25) is 15.9 Å². The molecule has 0 aromatic heterocycles. The number of imide groups is 1. The van der Waals surface area contributed by atoms with Gasteiger partial charge in [0.05, 0.1) is 18.6 Å². The van der Waals surface area contributed by atoms with Crippen LogP contribution in [0.15, 0.2) is 30.3 Å². The number of rotatable bonds is 6. The van der Waals surface area contributed by atoms with Crippen molar-refractivity contribution in [3.63, 3.8) is 0 Å². The van der Waals surface area contributed by atoms with E-state index in [4.69, 9.17) is 4.74 Å². The predicted octanol–water partition coefficient (Wildman–Crippen LogP) is 0.0867. The minimum Gasteiger partial charge on any atom is -0.455 e. The lowest BCUT2D eigenvalue weighted by Crippen LogP contribution is -2.41. The first-order chi connectivity index (χ1) is 12.3. The molecule has 0 spiro atoms. The smallest absolute Gasteiger partial charge is 0.309 e. The average Bonchev–Trinajstić information content (AvgIpc) is 2.59. The third kappa shape index (κ3) is 6.23. The summed E-state index contributed by atoms with van der Waals surface area (Å²) in [7, 11) is -3.26. The zero-order valence-corrected chi connectivity index (χ0v) is 15.3. The van der Waals surface area contributed by atoms with Crippen LogP contribution in [0.5, 0.6) is 0 Å². The van der Waals surface area contributed by atoms with E-state index >= 15 is 0 Å². The lowest BCUT2D eigenvalue weighted by Gasteiger charge is -2.28. The largest absolute Gasteiger partial charge is 0.455 e. The monoisotopic (exact) mass is 382 g/mol. The van der Waals surface area contributed by atoms with E-state index in [9.17, 15) is 22.8 Å². The van der Waals surface area contributed by atoms with E-state index in [0.29, 0.717) is 12.8 Å². The van der Waals surface area contributed by atoms with Gasteiger partial charge in [0, 0.05) is 13.1 Å². The van der Waals surface area contributed by atoms with E-state index < -0.39 is 40.3 Å². The number of carbonyl (C=O) groups is 3. The van der Waals surface area contributed by atoms with Crippen molar-refractivity contribution in [3.05, 3.63) is 35.9 Å². The highest BCUT2D eigenvalue weighted by Crippen LogP contribution is 2.20. The van der Waals surface area contributed by atoms with Crippen molar-refractivity contribution in [1.82, 2.24) is 9.62 Å². The first kappa shape index (κ1) is 20.1.